The molecule has 0 amide bonds. The van der Waals surface area contributed by atoms with Crippen molar-refractivity contribution < 1.29 is 22.3 Å². The van der Waals surface area contributed by atoms with Crippen LogP contribution in [0.4, 0.5) is 32.1 Å². The number of nitrogens with zero attached hydrogens (tertiary/aromatic N) is 5. The molecule has 4 heterocycles. The Morgan fingerprint density at radius 2 is 1.92 bits per heavy atom. The monoisotopic (exact) mass is 546 g/mol. The Hall–Kier alpha value is -3.12. The standard InChI is InChI=1S/C26H32F2N6O3S/c1-15-16(13-38(4,36)37)11-34(15)21-6-5-19(27)17-9-23(30-10-18(17)21)31-22-7-8-29-25(32-22)33-12-20(28)24(35)26(2,3)14-33/h5-10,15-16,20,24,35H,11-14H2,1-4H3,(H,29,30,31,32)/t15-,16-,20+,24+/m1/s1. The molecule has 2 fully saturated rings. The number of alkyl halides is 1. The van der Waals surface area contributed by atoms with Crippen molar-refractivity contribution >= 4 is 43.9 Å². The summed E-state index contributed by atoms with van der Waals surface area (Å²) in [5, 5.41) is 14.2. The van der Waals surface area contributed by atoms with Crippen LogP contribution in [0.5, 0.6) is 0 Å². The summed E-state index contributed by atoms with van der Waals surface area (Å²) >= 11 is 0. The predicted octanol–water partition coefficient (Wildman–Crippen LogP) is 3.32. The highest BCUT2D eigenvalue weighted by atomic mass is 32.2. The molecule has 0 radical (unpaired) electrons. The molecule has 1 aromatic carbocycles. The molecule has 0 aliphatic carbocycles. The predicted molar refractivity (Wildman–Crippen MR) is 144 cm³/mol. The SMILES string of the molecule is C[C@@H]1[C@@H](CS(C)(=O)=O)CN1c1ccc(F)c2cc(Nc3ccnc(N4C[C@H](F)[C@H](O)C(C)(C)C4)n3)ncc12. The minimum Gasteiger partial charge on any atom is -0.389 e. The third-order valence-corrected chi connectivity index (χ3v) is 8.61. The van der Waals surface area contributed by atoms with Crippen LogP contribution in [-0.2, 0) is 9.84 Å². The van der Waals surface area contributed by atoms with Crippen LogP contribution in [0.2, 0.25) is 0 Å². The van der Waals surface area contributed by atoms with E-state index in [9.17, 15) is 22.3 Å². The topological polar surface area (TPSA) is 112 Å². The number of hydrogen-bond donors (Lipinski definition) is 2. The van der Waals surface area contributed by atoms with Gasteiger partial charge in [0.15, 0.2) is 0 Å². The van der Waals surface area contributed by atoms with E-state index in [4.69, 9.17) is 0 Å². The molecule has 0 saturated carbocycles. The van der Waals surface area contributed by atoms with E-state index in [2.05, 4.69) is 25.2 Å². The number of sulfone groups is 1. The van der Waals surface area contributed by atoms with Gasteiger partial charge in [-0.2, -0.15) is 4.98 Å². The first-order chi connectivity index (χ1) is 17.8. The largest absolute Gasteiger partial charge is 0.389 e. The number of piperidine rings is 1. The minimum atomic E-state index is -3.08. The average Bonchev–Trinajstić information content (AvgIpc) is 2.85. The number of aliphatic hydroxyl groups excluding tert-OH is 1. The van der Waals surface area contributed by atoms with Gasteiger partial charge in [-0.15, -0.1) is 0 Å². The average molecular weight is 547 g/mol. The molecule has 0 unspecified atom stereocenters. The van der Waals surface area contributed by atoms with E-state index < -0.39 is 33.3 Å². The van der Waals surface area contributed by atoms with Crippen molar-refractivity contribution in [2.24, 2.45) is 11.3 Å². The maximum absolute atomic E-state index is 14.9. The Kier molecular flexibility index (Phi) is 6.67. The number of aromatic nitrogens is 3. The molecular formula is C26H32F2N6O3S. The lowest BCUT2D eigenvalue weighted by molar-refractivity contribution is -0.0257. The maximum atomic E-state index is 14.9. The smallest absolute Gasteiger partial charge is 0.227 e. The highest BCUT2D eigenvalue weighted by molar-refractivity contribution is 7.90. The number of aliphatic hydroxyl groups is 1. The second-order valence-electron chi connectivity index (χ2n) is 11.1. The fraction of sp³-hybridized carbons (Fsp3) is 0.500. The number of pyridine rings is 1. The van der Waals surface area contributed by atoms with Gasteiger partial charge in [-0.05, 0) is 31.2 Å². The number of hydrogen-bond acceptors (Lipinski definition) is 9. The van der Waals surface area contributed by atoms with Crippen LogP contribution >= 0.6 is 0 Å². The lowest BCUT2D eigenvalue weighted by atomic mass is 9.80. The number of nitrogens with one attached hydrogen (secondary N) is 1. The third-order valence-electron chi connectivity index (χ3n) is 7.57. The molecule has 0 spiro atoms. The third kappa shape index (κ3) is 5.11. The zero-order chi connectivity index (χ0) is 27.4. The van der Waals surface area contributed by atoms with Crippen molar-refractivity contribution in [2.75, 3.05) is 46.8 Å². The lowest BCUT2D eigenvalue weighted by Gasteiger charge is -2.48. The molecule has 2 aromatic heterocycles. The molecule has 2 saturated heterocycles. The highest BCUT2D eigenvalue weighted by Crippen LogP contribution is 2.38. The zero-order valence-electron chi connectivity index (χ0n) is 21.8. The maximum Gasteiger partial charge on any atom is 0.227 e. The van der Waals surface area contributed by atoms with Crippen LogP contribution < -0.4 is 15.1 Å². The Morgan fingerprint density at radius 1 is 1.16 bits per heavy atom. The number of fused-ring (bicyclic) bond motifs is 1. The number of anilines is 4. The van der Waals surface area contributed by atoms with Crippen LogP contribution in [0.3, 0.4) is 0 Å². The van der Waals surface area contributed by atoms with Gasteiger partial charge in [0, 0.05) is 65.6 Å². The van der Waals surface area contributed by atoms with Gasteiger partial charge < -0.3 is 20.2 Å². The Balaban J connectivity index is 1.37. The van der Waals surface area contributed by atoms with Gasteiger partial charge in [0.2, 0.25) is 5.95 Å². The van der Waals surface area contributed by atoms with E-state index in [0.29, 0.717) is 41.4 Å². The zero-order valence-corrected chi connectivity index (χ0v) is 22.6. The van der Waals surface area contributed by atoms with Gasteiger partial charge in [0.25, 0.3) is 0 Å². The minimum absolute atomic E-state index is 0.000392. The van der Waals surface area contributed by atoms with Gasteiger partial charge in [-0.1, -0.05) is 13.8 Å². The molecule has 5 rings (SSSR count). The Bertz CT molecular complexity index is 1470. The van der Waals surface area contributed by atoms with Crippen molar-refractivity contribution in [1.29, 1.82) is 0 Å². The summed E-state index contributed by atoms with van der Waals surface area (Å²) in [6.45, 7) is 6.51. The second-order valence-corrected chi connectivity index (χ2v) is 13.3. The van der Waals surface area contributed by atoms with Crippen LogP contribution in [0, 0.1) is 17.2 Å². The normalized spacial score (nSPS) is 25.3. The number of halogens is 2. The highest BCUT2D eigenvalue weighted by Gasteiger charge is 2.42. The van der Waals surface area contributed by atoms with E-state index in [1.807, 2.05) is 6.92 Å². The number of rotatable bonds is 6. The fourth-order valence-electron chi connectivity index (χ4n) is 5.40. The summed E-state index contributed by atoms with van der Waals surface area (Å²) in [5.74, 6) is 0.856. The summed E-state index contributed by atoms with van der Waals surface area (Å²) in [5.41, 5.74) is 0.135. The first-order valence-corrected chi connectivity index (χ1v) is 14.6. The Morgan fingerprint density at radius 3 is 2.61 bits per heavy atom. The summed E-state index contributed by atoms with van der Waals surface area (Å²) in [7, 11) is -3.08. The molecule has 12 heteroatoms. The molecule has 9 nitrogen and oxygen atoms in total. The quantitative estimate of drug-likeness (QED) is 0.481. The second kappa shape index (κ2) is 9.57. The van der Waals surface area contributed by atoms with Gasteiger partial charge in [-0.25, -0.2) is 27.2 Å². The van der Waals surface area contributed by atoms with Crippen molar-refractivity contribution in [1.82, 2.24) is 15.0 Å². The van der Waals surface area contributed by atoms with E-state index in [0.717, 1.165) is 5.69 Å². The van der Waals surface area contributed by atoms with Crippen molar-refractivity contribution in [3.05, 3.63) is 42.5 Å². The first-order valence-electron chi connectivity index (χ1n) is 12.5. The summed E-state index contributed by atoms with van der Waals surface area (Å²) in [6, 6.07) is 6.35. The first kappa shape index (κ1) is 26.5. The van der Waals surface area contributed by atoms with E-state index >= 15 is 0 Å². The van der Waals surface area contributed by atoms with Crippen LogP contribution in [0.1, 0.15) is 20.8 Å². The van der Waals surface area contributed by atoms with Gasteiger partial charge in [-0.3, -0.25) is 0 Å². The van der Waals surface area contributed by atoms with Gasteiger partial charge in [0.1, 0.15) is 33.5 Å². The van der Waals surface area contributed by atoms with Crippen molar-refractivity contribution in [3.63, 3.8) is 0 Å². The molecule has 2 aliphatic rings. The molecule has 204 valence electrons. The Labute approximate surface area is 220 Å². The molecule has 38 heavy (non-hydrogen) atoms. The molecule has 2 N–H and O–H groups in total. The number of benzene rings is 1. The van der Waals surface area contributed by atoms with Crippen LogP contribution in [0.15, 0.2) is 36.7 Å². The fourth-order valence-corrected chi connectivity index (χ4v) is 6.56. The van der Waals surface area contributed by atoms with Crippen molar-refractivity contribution in [3.8, 4) is 0 Å². The van der Waals surface area contributed by atoms with E-state index in [1.165, 1.54) is 12.3 Å². The van der Waals surface area contributed by atoms with Gasteiger partial charge >= 0.3 is 0 Å². The molecular weight excluding hydrogens is 514 g/mol. The summed E-state index contributed by atoms with van der Waals surface area (Å²) in [6.07, 6.45) is 1.90. The molecule has 0 bridgehead atoms. The summed E-state index contributed by atoms with van der Waals surface area (Å²) in [4.78, 5) is 17.0. The lowest BCUT2D eigenvalue weighted by Crippen LogP contribution is -2.57. The van der Waals surface area contributed by atoms with Gasteiger partial charge in [0.05, 0.1) is 18.4 Å². The van der Waals surface area contributed by atoms with E-state index in [1.54, 1.807) is 49.3 Å². The molecule has 2 aliphatic heterocycles. The van der Waals surface area contributed by atoms with Crippen molar-refractivity contribution in [2.45, 2.75) is 39.1 Å². The molecule has 4 atom stereocenters. The summed E-state index contributed by atoms with van der Waals surface area (Å²) < 4.78 is 52.7. The van der Waals surface area contributed by atoms with Crippen LogP contribution in [0.25, 0.3) is 10.8 Å². The van der Waals surface area contributed by atoms with E-state index in [-0.39, 0.29) is 24.3 Å². The van der Waals surface area contributed by atoms with Crippen LogP contribution in [-0.4, -0.2) is 78.4 Å². The molecule has 3 aromatic rings.